The van der Waals surface area contributed by atoms with Crippen LogP contribution in [0.25, 0.3) is 0 Å². The van der Waals surface area contributed by atoms with E-state index in [2.05, 4.69) is 9.82 Å². The largest absolute Gasteiger partial charge is 0.480 e. The number of rotatable bonds is 5. The molecule has 1 aromatic carbocycles. The second-order valence-electron chi connectivity index (χ2n) is 5.62. The lowest BCUT2D eigenvalue weighted by Gasteiger charge is -2.16. The van der Waals surface area contributed by atoms with E-state index in [9.17, 15) is 18.3 Å². The number of aromatic nitrogens is 2. The maximum atomic E-state index is 12.7. The van der Waals surface area contributed by atoms with Gasteiger partial charge in [0.15, 0.2) is 11.5 Å². The molecule has 3 rings (SSSR count). The van der Waals surface area contributed by atoms with E-state index in [4.69, 9.17) is 9.47 Å². The number of fused-ring (bicyclic) bond motifs is 1. The lowest BCUT2D eigenvalue weighted by Crippen LogP contribution is -2.34. The zero-order valence-electron chi connectivity index (χ0n) is 13.8. The monoisotopic (exact) mass is 367 g/mol. The molecule has 0 bridgehead atoms. The summed E-state index contributed by atoms with van der Waals surface area (Å²) in [6.45, 7) is 3.32. The fourth-order valence-electron chi connectivity index (χ4n) is 2.71. The molecule has 1 aliphatic rings. The quantitative estimate of drug-likeness (QED) is 0.804. The highest BCUT2D eigenvalue weighted by Gasteiger charge is 2.32. The number of hydrogen-bond acceptors (Lipinski definition) is 6. The van der Waals surface area contributed by atoms with E-state index < -0.39 is 22.0 Å². The van der Waals surface area contributed by atoms with Crippen molar-refractivity contribution < 1.29 is 27.8 Å². The Labute approximate surface area is 144 Å². The van der Waals surface area contributed by atoms with Crippen molar-refractivity contribution in [3.8, 4) is 11.5 Å². The van der Waals surface area contributed by atoms with Crippen LogP contribution in [0.1, 0.15) is 23.0 Å². The van der Waals surface area contributed by atoms with Crippen LogP contribution in [0.5, 0.6) is 11.5 Å². The Hall–Kier alpha value is -2.59. The average Bonchev–Trinajstić information content (AvgIpc) is 3.09. The molecule has 1 aliphatic heterocycles. The Balaban J connectivity index is 1.98. The van der Waals surface area contributed by atoms with Gasteiger partial charge in [-0.1, -0.05) is 0 Å². The molecular weight excluding hydrogens is 350 g/mol. The van der Waals surface area contributed by atoms with Gasteiger partial charge in [0, 0.05) is 24.4 Å². The predicted molar refractivity (Wildman–Crippen MR) is 85.9 cm³/mol. The van der Waals surface area contributed by atoms with Crippen LogP contribution in [-0.2, 0) is 21.9 Å². The molecular formula is C15H17N3O6S. The van der Waals surface area contributed by atoms with E-state index in [1.807, 2.05) is 0 Å². The van der Waals surface area contributed by atoms with Crippen LogP contribution in [0.4, 0.5) is 0 Å². The Bertz CT molecular complexity index is 950. The Morgan fingerprint density at radius 1 is 1.32 bits per heavy atom. The number of benzene rings is 1. The van der Waals surface area contributed by atoms with Gasteiger partial charge in [-0.15, -0.1) is 0 Å². The molecule has 25 heavy (non-hydrogen) atoms. The summed E-state index contributed by atoms with van der Waals surface area (Å²) in [5.41, 5.74) is 1.33. The van der Waals surface area contributed by atoms with Gasteiger partial charge in [-0.25, -0.2) is 8.42 Å². The van der Waals surface area contributed by atoms with E-state index in [-0.39, 0.29) is 11.7 Å². The normalized spacial score (nSPS) is 14.5. The predicted octanol–water partition coefficient (Wildman–Crippen LogP) is 0.870. The van der Waals surface area contributed by atoms with Crippen molar-refractivity contribution in [2.75, 3.05) is 6.79 Å². The second kappa shape index (κ2) is 6.05. The number of aliphatic carboxylic acids is 1. The van der Waals surface area contributed by atoms with Gasteiger partial charge in [0.1, 0.15) is 6.04 Å². The van der Waals surface area contributed by atoms with E-state index in [0.29, 0.717) is 28.5 Å². The van der Waals surface area contributed by atoms with Gasteiger partial charge in [-0.3, -0.25) is 9.48 Å². The summed E-state index contributed by atoms with van der Waals surface area (Å²) in [5.74, 6) is -0.584. The van der Waals surface area contributed by atoms with Crippen LogP contribution in [-0.4, -0.2) is 36.1 Å². The topological polar surface area (TPSA) is 120 Å². The first-order chi connectivity index (χ1) is 11.7. The Morgan fingerprint density at radius 2 is 2.00 bits per heavy atom. The summed E-state index contributed by atoms with van der Waals surface area (Å²) in [5, 5.41) is 13.7. The fraction of sp³-hybridized carbons (Fsp3) is 0.333. The van der Waals surface area contributed by atoms with E-state index >= 15 is 0 Å². The van der Waals surface area contributed by atoms with Crippen LogP contribution in [0.2, 0.25) is 0 Å². The molecule has 1 aromatic heterocycles. The van der Waals surface area contributed by atoms with Crippen molar-refractivity contribution in [3.05, 3.63) is 35.2 Å². The minimum atomic E-state index is -4.10. The molecule has 9 nitrogen and oxygen atoms in total. The molecule has 2 aromatic rings. The highest BCUT2D eigenvalue weighted by molar-refractivity contribution is 7.89. The highest BCUT2D eigenvalue weighted by Crippen LogP contribution is 2.34. The molecule has 2 heterocycles. The SMILES string of the molecule is Cc1nn(C)c(C)c1C(NS(=O)(=O)c1ccc2c(c1)OCO2)C(=O)O. The molecule has 134 valence electrons. The summed E-state index contributed by atoms with van der Waals surface area (Å²) in [6, 6.07) is 2.64. The van der Waals surface area contributed by atoms with Crippen molar-refractivity contribution in [2.24, 2.45) is 7.05 Å². The maximum Gasteiger partial charge on any atom is 0.326 e. The molecule has 0 fully saturated rings. The molecule has 10 heteroatoms. The number of carboxylic acid groups (broad SMARTS) is 1. The number of nitrogens with one attached hydrogen (secondary N) is 1. The van der Waals surface area contributed by atoms with E-state index in [0.717, 1.165) is 0 Å². The molecule has 0 amide bonds. The van der Waals surface area contributed by atoms with Crippen molar-refractivity contribution in [3.63, 3.8) is 0 Å². The van der Waals surface area contributed by atoms with E-state index in [1.54, 1.807) is 20.9 Å². The zero-order valence-corrected chi connectivity index (χ0v) is 14.6. The van der Waals surface area contributed by atoms with Crippen molar-refractivity contribution in [2.45, 2.75) is 24.8 Å². The summed E-state index contributed by atoms with van der Waals surface area (Å²) in [4.78, 5) is 11.6. The molecule has 0 spiro atoms. The molecule has 1 unspecified atom stereocenters. The molecule has 0 radical (unpaired) electrons. The molecule has 0 aliphatic carbocycles. The third-order valence-corrected chi connectivity index (χ3v) is 5.45. The molecule has 1 atom stereocenters. The van der Waals surface area contributed by atoms with Gasteiger partial charge in [0.25, 0.3) is 0 Å². The number of aryl methyl sites for hydroxylation is 2. The van der Waals surface area contributed by atoms with Crippen LogP contribution in [0.3, 0.4) is 0 Å². The van der Waals surface area contributed by atoms with Crippen LogP contribution < -0.4 is 14.2 Å². The van der Waals surface area contributed by atoms with Gasteiger partial charge in [-0.05, 0) is 26.0 Å². The third kappa shape index (κ3) is 3.05. The lowest BCUT2D eigenvalue weighted by molar-refractivity contribution is -0.139. The lowest BCUT2D eigenvalue weighted by atomic mass is 10.1. The summed E-state index contributed by atoms with van der Waals surface area (Å²) >= 11 is 0. The Kier molecular flexibility index (Phi) is 4.17. The molecule has 0 saturated carbocycles. The fourth-order valence-corrected chi connectivity index (χ4v) is 3.88. The van der Waals surface area contributed by atoms with Crippen LogP contribution in [0, 0.1) is 13.8 Å². The summed E-state index contributed by atoms with van der Waals surface area (Å²) < 4.78 is 39.4. The summed E-state index contributed by atoms with van der Waals surface area (Å²) in [7, 11) is -2.44. The number of sulfonamides is 1. The molecule has 0 saturated heterocycles. The maximum absolute atomic E-state index is 12.7. The first-order valence-corrected chi connectivity index (χ1v) is 8.84. The van der Waals surface area contributed by atoms with Gasteiger partial charge >= 0.3 is 5.97 Å². The average molecular weight is 367 g/mol. The number of nitrogens with zero attached hydrogens (tertiary/aromatic N) is 2. The van der Waals surface area contributed by atoms with Gasteiger partial charge in [-0.2, -0.15) is 9.82 Å². The number of carbonyl (C=O) groups is 1. The number of ether oxygens (including phenoxy) is 2. The van der Waals surface area contributed by atoms with Crippen LogP contribution >= 0.6 is 0 Å². The van der Waals surface area contributed by atoms with Crippen molar-refractivity contribution in [1.29, 1.82) is 0 Å². The minimum absolute atomic E-state index is 0.0120. The number of carboxylic acids is 1. The van der Waals surface area contributed by atoms with Crippen molar-refractivity contribution >= 4 is 16.0 Å². The first-order valence-electron chi connectivity index (χ1n) is 7.35. The number of hydrogen-bond donors (Lipinski definition) is 2. The van der Waals surface area contributed by atoms with Crippen molar-refractivity contribution in [1.82, 2.24) is 14.5 Å². The van der Waals surface area contributed by atoms with Crippen LogP contribution in [0.15, 0.2) is 23.1 Å². The van der Waals surface area contributed by atoms with Gasteiger partial charge in [0.2, 0.25) is 16.8 Å². The smallest absolute Gasteiger partial charge is 0.326 e. The Morgan fingerprint density at radius 3 is 2.60 bits per heavy atom. The van der Waals surface area contributed by atoms with Gasteiger partial charge in [0.05, 0.1) is 10.6 Å². The standard InChI is InChI=1S/C15H17N3O6S/c1-8-13(9(2)18(3)16-8)14(15(19)20)17-25(21,22)10-4-5-11-12(6-10)24-7-23-11/h4-6,14,17H,7H2,1-3H3,(H,19,20). The zero-order chi connectivity index (χ0) is 18.4. The first kappa shape index (κ1) is 17.2. The van der Waals surface area contributed by atoms with E-state index in [1.165, 1.54) is 22.9 Å². The highest BCUT2D eigenvalue weighted by atomic mass is 32.2. The van der Waals surface area contributed by atoms with Gasteiger partial charge < -0.3 is 14.6 Å². The second-order valence-corrected chi connectivity index (χ2v) is 7.33. The molecule has 2 N–H and O–H groups in total. The summed E-state index contributed by atoms with van der Waals surface area (Å²) in [6.07, 6.45) is 0. The minimum Gasteiger partial charge on any atom is -0.480 e. The third-order valence-electron chi connectivity index (χ3n) is 4.03.